The Bertz CT molecular complexity index is 1460. The second-order valence-corrected chi connectivity index (χ2v) is 9.07. The number of ether oxygens (including phenoxy) is 1. The van der Waals surface area contributed by atoms with Crippen molar-refractivity contribution in [3.05, 3.63) is 102 Å². The van der Waals surface area contributed by atoms with E-state index in [1.807, 2.05) is 36.4 Å². The molecule has 2 amide bonds. The van der Waals surface area contributed by atoms with Crippen molar-refractivity contribution in [3.63, 3.8) is 0 Å². The van der Waals surface area contributed by atoms with Crippen LogP contribution in [-0.4, -0.2) is 29.9 Å². The van der Waals surface area contributed by atoms with Crippen LogP contribution in [0.25, 0.3) is 10.8 Å². The van der Waals surface area contributed by atoms with E-state index in [0.29, 0.717) is 28.2 Å². The van der Waals surface area contributed by atoms with E-state index in [4.69, 9.17) is 4.74 Å². The molecule has 0 saturated heterocycles. The number of anilines is 3. The number of amides is 2. The van der Waals surface area contributed by atoms with E-state index in [1.54, 1.807) is 75.4 Å². The third kappa shape index (κ3) is 6.13. The average Bonchev–Trinajstić information content (AvgIpc) is 2.88. The minimum atomic E-state index is -0.946. The summed E-state index contributed by atoms with van der Waals surface area (Å²) in [7, 11) is 0. The lowest BCUT2D eigenvalue weighted by Gasteiger charge is -2.25. The molecule has 0 bridgehead atoms. The van der Waals surface area contributed by atoms with E-state index >= 15 is 0 Å². The number of para-hydroxylation sites is 1. The maximum Gasteiger partial charge on any atom is 0.331 e. The molecule has 0 atom stereocenters. The van der Waals surface area contributed by atoms with Gasteiger partial charge in [-0.25, -0.2) is 4.79 Å². The van der Waals surface area contributed by atoms with Crippen molar-refractivity contribution in [1.82, 2.24) is 0 Å². The van der Waals surface area contributed by atoms with Crippen molar-refractivity contribution < 1.29 is 19.1 Å². The second-order valence-electron chi connectivity index (χ2n) is 9.07. The van der Waals surface area contributed by atoms with Crippen LogP contribution in [0.15, 0.2) is 91.0 Å². The third-order valence-electron chi connectivity index (χ3n) is 5.79. The highest BCUT2D eigenvalue weighted by Crippen LogP contribution is 2.23. The summed E-state index contributed by atoms with van der Waals surface area (Å²) in [5.41, 5.74) is 1.45. The molecule has 7 nitrogen and oxygen atoms in total. The molecule has 0 aliphatic carbocycles. The molecule has 0 aliphatic rings. The van der Waals surface area contributed by atoms with E-state index in [1.165, 1.54) is 0 Å². The van der Waals surface area contributed by atoms with Crippen LogP contribution in [0, 0.1) is 0 Å². The van der Waals surface area contributed by atoms with E-state index in [9.17, 15) is 14.4 Å². The van der Waals surface area contributed by atoms with Gasteiger partial charge in [0.2, 0.25) is 0 Å². The molecule has 4 rings (SSSR count). The molecule has 0 saturated carbocycles. The molecule has 3 N–H and O–H groups in total. The first-order valence-electron chi connectivity index (χ1n) is 12.0. The Morgan fingerprint density at radius 2 is 1.43 bits per heavy atom. The second kappa shape index (κ2) is 11.0. The van der Waals surface area contributed by atoms with Crippen LogP contribution in [0.4, 0.5) is 17.1 Å². The first-order valence-corrected chi connectivity index (χ1v) is 12.0. The molecule has 0 spiro atoms. The monoisotopic (exact) mass is 495 g/mol. The molecule has 0 radical (unpaired) electrons. The summed E-state index contributed by atoms with van der Waals surface area (Å²) < 4.78 is 5.12. The Balaban J connectivity index is 1.49. The molecular formula is C30H29N3O4. The molecule has 0 aliphatic heterocycles. The lowest BCUT2D eigenvalue weighted by molar-refractivity contribution is -0.147. The Hall–Kier alpha value is -4.65. The highest BCUT2D eigenvalue weighted by Gasteiger charge is 2.29. The normalized spacial score (nSPS) is 11.0. The molecule has 4 aromatic carbocycles. The van der Waals surface area contributed by atoms with Gasteiger partial charge in [-0.3, -0.25) is 9.59 Å². The van der Waals surface area contributed by atoms with Crippen molar-refractivity contribution in [2.75, 3.05) is 22.6 Å². The van der Waals surface area contributed by atoms with E-state index in [2.05, 4.69) is 16.0 Å². The zero-order valence-electron chi connectivity index (χ0n) is 21.0. The topological polar surface area (TPSA) is 96.5 Å². The molecule has 4 aromatic rings. The molecular weight excluding hydrogens is 466 g/mol. The van der Waals surface area contributed by atoms with Gasteiger partial charge in [-0.15, -0.1) is 0 Å². The molecule has 7 heteroatoms. The van der Waals surface area contributed by atoms with Crippen LogP contribution in [0.3, 0.4) is 0 Å². The van der Waals surface area contributed by atoms with E-state index < -0.39 is 5.54 Å². The largest absolute Gasteiger partial charge is 0.464 e. The van der Waals surface area contributed by atoms with Crippen molar-refractivity contribution in [1.29, 1.82) is 0 Å². The van der Waals surface area contributed by atoms with Gasteiger partial charge in [-0.05, 0) is 74.0 Å². The lowest BCUT2D eigenvalue weighted by Crippen LogP contribution is -2.41. The highest BCUT2D eigenvalue weighted by molar-refractivity contribution is 6.13. The van der Waals surface area contributed by atoms with Crippen LogP contribution in [0.1, 0.15) is 41.5 Å². The predicted molar refractivity (Wildman–Crippen MR) is 147 cm³/mol. The quantitative estimate of drug-likeness (QED) is 0.257. The van der Waals surface area contributed by atoms with Crippen molar-refractivity contribution in [3.8, 4) is 0 Å². The average molecular weight is 496 g/mol. The lowest BCUT2D eigenvalue weighted by atomic mass is 10.1. The van der Waals surface area contributed by atoms with Crippen LogP contribution in [0.5, 0.6) is 0 Å². The van der Waals surface area contributed by atoms with Gasteiger partial charge >= 0.3 is 5.97 Å². The number of esters is 1. The molecule has 0 heterocycles. The zero-order chi connectivity index (χ0) is 26.4. The number of fused-ring (bicyclic) bond motifs is 1. The van der Waals surface area contributed by atoms with Gasteiger partial charge in [0.1, 0.15) is 5.54 Å². The number of benzene rings is 4. The predicted octanol–water partition coefficient (Wildman–Crippen LogP) is 6.10. The maximum atomic E-state index is 13.2. The van der Waals surface area contributed by atoms with E-state index in [-0.39, 0.29) is 24.4 Å². The Labute approximate surface area is 215 Å². The van der Waals surface area contributed by atoms with Crippen LogP contribution in [0.2, 0.25) is 0 Å². The summed E-state index contributed by atoms with van der Waals surface area (Å²) in [6.45, 7) is 5.50. The fourth-order valence-corrected chi connectivity index (χ4v) is 3.91. The molecule has 0 unspecified atom stereocenters. The minimum absolute atomic E-state index is 0.289. The van der Waals surface area contributed by atoms with Crippen molar-refractivity contribution in [2.24, 2.45) is 0 Å². The first-order chi connectivity index (χ1) is 17.8. The summed E-state index contributed by atoms with van der Waals surface area (Å²) in [5, 5.41) is 10.9. The van der Waals surface area contributed by atoms with Gasteiger partial charge in [0.25, 0.3) is 11.8 Å². The summed E-state index contributed by atoms with van der Waals surface area (Å²) in [4.78, 5) is 38.4. The number of rotatable bonds is 8. The zero-order valence-corrected chi connectivity index (χ0v) is 21.0. The highest BCUT2D eigenvalue weighted by atomic mass is 16.5. The Kier molecular flexibility index (Phi) is 7.53. The summed E-state index contributed by atoms with van der Waals surface area (Å²) in [6, 6.07) is 27.2. The van der Waals surface area contributed by atoms with E-state index in [0.717, 1.165) is 10.8 Å². The van der Waals surface area contributed by atoms with Gasteiger partial charge in [-0.1, -0.05) is 48.5 Å². The Morgan fingerprint density at radius 1 is 0.730 bits per heavy atom. The van der Waals surface area contributed by atoms with Crippen LogP contribution in [-0.2, 0) is 9.53 Å². The van der Waals surface area contributed by atoms with Gasteiger partial charge in [0.05, 0.1) is 17.9 Å². The number of hydrogen-bond acceptors (Lipinski definition) is 5. The molecule has 37 heavy (non-hydrogen) atoms. The molecule has 188 valence electrons. The first kappa shape index (κ1) is 25.4. The number of carbonyl (C=O) groups is 3. The van der Waals surface area contributed by atoms with Gasteiger partial charge < -0.3 is 20.7 Å². The Morgan fingerprint density at radius 3 is 2.22 bits per heavy atom. The fourth-order valence-electron chi connectivity index (χ4n) is 3.91. The van der Waals surface area contributed by atoms with Gasteiger partial charge in [0.15, 0.2) is 0 Å². The number of carbonyl (C=O) groups excluding carboxylic acids is 3. The molecule has 0 fully saturated rings. The minimum Gasteiger partial charge on any atom is -0.464 e. The van der Waals surface area contributed by atoms with Crippen LogP contribution >= 0.6 is 0 Å². The van der Waals surface area contributed by atoms with Crippen LogP contribution < -0.4 is 16.0 Å². The van der Waals surface area contributed by atoms with Gasteiger partial charge in [-0.2, -0.15) is 0 Å². The third-order valence-corrected chi connectivity index (χ3v) is 5.79. The summed E-state index contributed by atoms with van der Waals surface area (Å²) in [5.74, 6) is -1.06. The number of nitrogens with one attached hydrogen (secondary N) is 3. The van der Waals surface area contributed by atoms with Gasteiger partial charge in [0, 0.05) is 16.9 Å². The van der Waals surface area contributed by atoms with Crippen molar-refractivity contribution >= 4 is 45.6 Å². The SMILES string of the molecule is CCOC(=O)C(C)(C)Nc1cccc(NC(=O)c2ccccc2NC(=O)c2ccc3ccccc3c2)c1. The molecule has 0 aromatic heterocycles. The summed E-state index contributed by atoms with van der Waals surface area (Å²) >= 11 is 0. The maximum absolute atomic E-state index is 13.2. The van der Waals surface area contributed by atoms with Crippen molar-refractivity contribution in [2.45, 2.75) is 26.3 Å². The standard InChI is InChI=1S/C30H29N3O4/c1-4-37-29(36)30(2,3)33-24-13-9-12-23(19-24)31-28(35)25-14-7-8-15-26(25)32-27(34)22-17-16-20-10-5-6-11-21(20)18-22/h5-19,33H,4H2,1-3H3,(H,31,35)(H,32,34). The number of hydrogen-bond donors (Lipinski definition) is 3. The fraction of sp³-hybridized carbons (Fsp3) is 0.167. The summed E-state index contributed by atoms with van der Waals surface area (Å²) in [6.07, 6.45) is 0. The smallest absolute Gasteiger partial charge is 0.331 e.